The summed E-state index contributed by atoms with van der Waals surface area (Å²) in [5.74, 6) is 1.46. The minimum Gasteiger partial charge on any atom is -0.490 e. The van der Waals surface area contributed by atoms with Crippen LogP contribution in [0.1, 0.15) is 19.5 Å². The molecule has 0 amide bonds. The van der Waals surface area contributed by atoms with Crippen LogP contribution in [0.4, 0.5) is 0 Å². The zero-order valence-electron chi connectivity index (χ0n) is 14.7. The van der Waals surface area contributed by atoms with E-state index in [0.717, 1.165) is 39.2 Å². The SMILES string of the molecule is CCOc1ccc(-c2nc(-c3cccc(CC#N)n3)cs2)cc1OCC. The normalized spacial score (nSPS) is 10.3. The molecule has 0 aliphatic rings. The van der Waals surface area contributed by atoms with Crippen molar-refractivity contribution in [1.29, 1.82) is 5.26 Å². The first-order valence-corrected chi connectivity index (χ1v) is 9.32. The molecule has 2 aromatic heterocycles. The van der Waals surface area contributed by atoms with E-state index in [-0.39, 0.29) is 0 Å². The molecule has 0 unspecified atom stereocenters. The highest BCUT2D eigenvalue weighted by molar-refractivity contribution is 7.13. The predicted octanol–water partition coefficient (Wildman–Crippen LogP) is 4.74. The molecule has 0 bridgehead atoms. The van der Waals surface area contributed by atoms with E-state index in [0.29, 0.717) is 19.6 Å². The molecule has 1 aromatic carbocycles. The number of ether oxygens (including phenoxy) is 2. The van der Waals surface area contributed by atoms with Gasteiger partial charge in [-0.05, 0) is 44.2 Å². The van der Waals surface area contributed by atoms with Crippen LogP contribution in [0, 0.1) is 11.3 Å². The second kappa shape index (κ2) is 8.45. The lowest BCUT2D eigenvalue weighted by Gasteiger charge is -2.11. The summed E-state index contributed by atoms with van der Waals surface area (Å²) >= 11 is 1.55. The van der Waals surface area contributed by atoms with Gasteiger partial charge >= 0.3 is 0 Å². The first kappa shape index (κ1) is 17.9. The number of aromatic nitrogens is 2. The summed E-state index contributed by atoms with van der Waals surface area (Å²) in [5, 5.41) is 11.7. The Morgan fingerprint density at radius 3 is 2.58 bits per heavy atom. The summed E-state index contributed by atoms with van der Waals surface area (Å²) in [4.78, 5) is 9.21. The summed E-state index contributed by atoms with van der Waals surface area (Å²) in [7, 11) is 0. The summed E-state index contributed by atoms with van der Waals surface area (Å²) in [5.41, 5.74) is 3.30. The number of thiazole rings is 1. The van der Waals surface area contributed by atoms with Crippen LogP contribution < -0.4 is 9.47 Å². The van der Waals surface area contributed by atoms with Crippen molar-refractivity contribution in [3.05, 3.63) is 47.5 Å². The van der Waals surface area contributed by atoms with Crippen molar-refractivity contribution in [2.24, 2.45) is 0 Å². The molecule has 6 heteroatoms. The second-order valence-corrected chi connectivity index (χ2v) is 6.27. The highest BCUT2D eigenvalue weighted by Crippen LogP contribution is 2.35. The van der Waals surface area contributed by atoms with E-state index in [1.165, 1.54) is 0 Å². The molecule has 0 saturated carbocycles. The highest BCUT2D eigenvalue weighted by Gasteiger charge is 2.12. The van der Waals surface area contributed by atoms with Crippen molar-refractivity contribution in [2.45, 2.75) is 20.3 Å². The number of hydrogen-bond acceptors (Lipinski definition) is 6. The maximum Gasteiger partial charge on any atom is 0.161 e. The van der Waals surface area contributed by atoms with E-state index >= 15 is 0 Å². The van der Waals surface area contributed by atoms with Crippen molar-refractivity contribution in [2.75, 3.05) is 13.2 Å². The van der Waals surface area contributed by atoms with Gasteiger partial charge in [0, 0.05) is 10.9 Å². The average molecular weight is 365 g/mol. The van der Waals surface area contributed by atoms with Crippen LogP contribution in [0.25, 0.3) is 22.0 Å². The van der Waals surface area contributed by atoms with Crippen molar-refractivity contribution < 1.29 is 9.47 Å². The lowest BCUT2D eigenvalue weighted by molar-refractivity contribution is 0.288. The van der Waals surface area contributed by atoms with Crippen LogP contribution in [0.5, 0.6) is 11.5 Å². The molecule has 2 heterocycles. The molecule has 0 aliphatic carbocycles. The van der Waals surface area contributed by atoms with Gasteiger partial charge in [-0.1, -0.05) is 6.07 Å². The number of nitriles is 1. The fourth-order valence-electron chi connectivity index (χ4n) is 2.51. The Balaban J connectivity index is 1.91. The number of rotatable bonds is 7. The van der Waals surface area contributed by atoms with Crippen molar-refractivity contribution in [3.63, 3.8) is 0 Å². The summed E-state index contributed by atoms with van der Waals surface area (Å²) in [6.07, 6.45) is 0.293. The third-order valence-electron chi connectivity index (χ3n) is 3.62. The van der Waals surface area contributed by atoms with Gasteiger partial charge in [-0.2, -0.15) is 5.26 Å². The highest BCUT2D eigenvalue weighted by atomic mass is 32.1. The lowest BCUT2D eigenvalue weighted by atomic mass is 10.2. The number of hydrogen-bond donors (Lipinski definition) is 0. The van der Waals surface area contributed by atoms with Crippen molar-refractivity contribution in [1.82, 2.24) is 9.97 Å². The van der Waals surface area contributed by atoms with E-state index in [2.05, 4.69) is 11.1 Å². The molecule has 3 aromatic rings. The Bertz CT molecular complexity index is 931. The molecule has 5 nitrogen and oxygen atoms in total. The van der Waals surface area contributed by atoms with Gasteiger partial charge in [-0.3, -0.25) is 4.98 Å². The third-order valence-corrected chi connectivity index (χ3v) is 4.52. The van der Waals surface area contributed by atoms with Crippen LogP contribution in [0.15, 0.2) is 41.8 Å². The second-order valence-electron chi connectivity index (χ2n) is 5.41. The fourth-order valence-corrected chi connectivity index (χ4v) is 3.32. The van der Waals surface area contributed by atoms with Crippen molar-refractivity contribution in [3.8, 4) is 39.5 Å². The Kier molecular flexibility index (Phi) is 5.82. The van der Waals surface area contributed by atoms with Gasteiger partial charge in [0.25, 0.3) is 0 Å². The van der Waals surface area contributed by atoms with Gasteiger partial charge < -0.3 is 9.47 Å². The first-order valence-electron chi connectivity index (χ1n) is 8.44. The zero-order valence-corrected chi connectivity index (χ0v) is 15.5. The summed E-state index contributed by atoms with van der Waals surface area (Å²) in [6, 6.07) is 13.6. The van der Waals surface area contributed by atoms with E-state index in [9.17, 15) is 0 Å². The number of pyridine rings is 1. The van der Waals surface area contributed by atoms with Crippen LogP contribution in [-0.4, -0.2) is 23.2 Å². The minimum absolute atomic E-state index is 0.293. The van der Waals surface area contributed by atoms with E-state index < -0.39 is 0 Å². The molecule has 0 N–H and O–H groups in total. The average Bonchev–Trinajstić information content (AvgIpc) is 3.14. The maximum absolute atomic E-state index is 8.84. The van der Waals surface area contributed by atoms with Crippen LogP contribution in [0.3, 0.4) is 0 Å². The van der Waals surface area contributed by atoms with Crippen LogP contribution in [0.2, 0.25) is 0 Å². The summed E-state index contributed by atoms with van der Waals surface area (Å²) < 4.78 is 11.3. The quantitative estimate of drug-likeness (QED) is 0.605. The molecular weight excluding hydrogens is 346 g/mol. The molecule has 0 atom stereocenters. The molecular formula is C20H19N3O2S. The van der Waals surface area contributed by atoms with E-state index in [1.54, 1.807) is 11.3 Å². The van der Waals surface area contributed by atoms with Gasteiger partial charge in [0.2, 0.25) is 0 Å². The molecule has 132 valence electrons. The smallest absolute Gasteiger partial charge is 0.161 e. The van der Waals surface area contributed by atoms with Crippen LogP contribution in [-0.2, 0) is 6.42 Å². The maximum atomic E-state index is 8.84. The summed E-state index contributed by atoms with van der Waals surface area (Å²) in [6.45, 7) is 5.06. The zero-order chi connectivity index (χ0) is 18.4. The van der Waals surface area contributed by atoms with Gasteiger partial charge in [0.15, 0.2) is 11.5 Å². The van der Waals surface area contributed by atoms with Gasteiger partial charge in [-0.15, -0.1) is 11.3 Å². The molecule has 0 fully saturated rings. The van der Waals surface area contributed by atoms with E-state index in [4.69, 9.17) is 19.7 Å². The lowest BCUT2D eigenvalue weighted by Crippen LogP contribution is -1.98. The largest absolute Gasteiger partial charge is 0.490 e. The first-order chi connectivity index (χ1) is 12.7. The predicted molar refractivity (Wildman–Crippen MR) is 102 cm³/mol. The third kappa shape index (κ3) is 4.01. The Morgan fingerprint density at radius 1 is 1.00 bits per heavy atom. The van der Waals surface area contributed by atoms with Crippen LogP contribution >= 0.6 is 11.3 Å². The molecule has 0 aliphatic heterocycles. The molecule has 0 saturated heterocycles. The molecule has 0 spiro atoms. The number of benzene rings is 1. The van der Waals surface area contributed by atoms with Gasteiger partial charge in [-0.25, -0.2) is 4.98 Å². The molecule has 26 heavy (non-hydrogen) atoms. The number of nitrogens with zero attached hydrogens (tertiary/aromatic N) is 3. The standard InChI is InChI=1S/C20H19N3O2S/c1-3-24-18-9-8-14(12-19(18)25-4-2)20-23-17(13-26-20)16-7-5-6-15(22-16)10-11-21/h5-9,12-13H,3-4,10H2,1-2H3. The monoisotopic (exact) mass is 365 g/mol. The Morgan fingerprint density at radius 2 is 1.81 bits per heavy atom. The Labute approximate surface area is 156 Å². The van der Waals surface area contributed by atoms with E-state index in [1.807, 2.05) is 55.6 Å². The van der Waals surface area contributed by atoms with Gasteiger partial charge in [0.05, 0.1) is 37.1 Å². The topological polar surface area (TPSA) is 68.0 Å². The van der Waals surface area contributed by atoms with Gasteiger partial charge in [0.1, 0.15) is 10.7 Å². The molecule has 3 rings (SSSR count). The minimum atomic E-state index is 0.293. The van der Waals surface area contributed by atoms with Crippen molar-refractivity contribution >= 4 is 11.3 Å². The Hall–Kier alpha value is -2.91. The fraction of sp³-hybridized carbons (Fsp3) is 0.250. The molecule has 0 radical (unpaired) electrons.